The number of ether oxygens (including phenoxy) is 2. The van der Waals surface area contributed by atoms with Gasteiger partial charge in [-0.1, -0.05) is 29.8 Å². The van der Waals surface area contributed by atoms with Gasteiger partial charge in [0.05, 0.1) is 18.1 Å². The molecule has 0 aromatic heterocycles. The number of halogens is 1. The predicted octanol–water partition coefficient (Wildman–Crippen LogP) is 3.93. The van der Waals surface area contributed by atoms with Crippen molar-refractivity contribution >= 4 is 21.6 Å². The van der Waals surface area contributed by atoms with Crippen molar-refractivity contribution in [3.63, 3.8) is 0 Å². The Morgan fingerprint density at radius 3 is 2.75 bits per heavy atom. The molecule has 0 aliphatic heterocycles. The highest BCUT2D eigenvalue weighted by atomic mass is 79.9. The first-order valence-corrected chi connectivity index (χ1v) is 7.47. The topological polar surface area (TPSA) is 61.6 Å². The standard InChI is InChI=1S/C14H18BrNO4/c1-4-14(2)12(15)8-13(14)20-11-6-5-9(19-3)7-10(11)16(17)18/h5-7,12-13H,4,8H2,1-3H3. The Kier molecular flexibility index (Phi) is 4.22. The highest BCUT2D eigenvalue weighted by Gasteiger charge is 2.51. The number of hydrogen-bond donors (Lipinski definition) is 0. The Balaban J connectivity index is 2.24. The molecule has 20 heavy (non-hydrogen) atoms. The third-order valence-corrected chi connectivity index (χ3v) is 5.69. The molecule has 2 rings (SSSR count). The van der Waals surface area contributed by atoms with Crippen molar-refractivity contribution in [2.75, 3.05) is 7.11 Å². The van der Waals surface area contributed by atoms with Gasteiger partial charge in [0.1, 0.15) is 11.9 Å². The normalized spacial score (nSPS) is 28.6. The second kappa shape index (κ2) is 5.60. The molecule has 0 N–H and O–H groups in total. The highest BCUT2D eigenvalue weighted by molar-refractivity contribution is 9.09. The maximum absolute atomic E-state index is 11.1. The third kappa shape index (κ3) is 2.49. The van der Waals surface area contributed by atoms with Crippen molar-refractivity contribution in [1.29, 1.82) is 0 Å². The summed E-state index contributed by atoms with van der Waals surface area (Å²) in [6.07, 6.45) is 1.80. The molecule has 1 aliphatic carbocycles. The Morgan fingerprint density at radius 2 is 2.25 bits per heavy atom. The first-order chi connectivity index (χ1) is 9.42. The van der Waals surface area contributed by atoms with Gasteiger partial charge in [-0.3, -0.25) is 10.1 Å². The first-order valence-electron chi connectivity index (χ1n) is 6.55. The second-order valence-electron chi connectivity index (χ2n) is 5.26. The molecule has 3 atom stereocenters. The summed E-state index contributed by atoms with van der Waals surface area (Å²) in [7, 11) is 1.48. The Morgan fingerprint density at radius 1 is 1.55 bits per heavy atom. The molecule has 0 radical (unpaired) electrons. The zero-order valence-corrected chi connectivity index (χ0v) is 13.3. The second-order valence-corrected chi connectivity index (χ2v) is 6.37. The fourth-order valence-corrected chi connectivity index (χ4v) is 3.38. The van der Waals surface area contributed by atoms with Crippen LogP contribution in [0.4, 0.5) is 5.69 Å². The molecule has 1 aromatic rings. The monoisotopic (exact) mass is 343 g/mol. The van der Waals surface area contributed by atoms with Crippen molar-refractivity contribution in [2.45, 2.75) is 37.6 Å². The molecule has 110 valence electrons. The summed E-state index contributed by atoms with van der Waals surface area (Å²) < 4.78 is 10.9. The SMILES string of the molecule is CCC1(C)C(Br)CC1Oc1ccc(OC)cc1[N+](=O)[O-]. The van der Waals surface area contributed by atoms with Crippen LogP contribution in [0.15, 0.2) is 18.2 Å². The number of nitro benzene ring substituents is 1. The Bertz CT molecular complexity index is 522. The molecule has 0 heterocycles. The first kappa shape index (κ1) is 15.1. The minimum absolute atomic E-state index is 0.00773. The maximum Gasteiger partial charge on any atom is 0.314 e. The van der Waals surface area contributed by atoms with Crippen molar-refractivity contribution in [1.82, 2.24) is 0 Å². The van der Waals surface area contributed by atoms with Crippen LogP contribution < -0.4 is 9.47 Å². The fraction of sp³-hybridized carbons (Fsp3) is 0.571. The summed E-state index contributed by atoms with van der Waals surface area (Å²) in [5.41, 5.74) is -0.0471. The smallest absolute Gasteiger partial charge is 0.314 e. The molecule has 0 spiro atoms. The summed E-state index contributed by atoms with van der Waals surface area (Å²) in [6, 6.07) is 4.67. The van der Waals surface area contributed by atoms with E-state index in [0.29, 0.717) is 16.3 Å². The average molecular weight is 344 g/mol. The van der Waals surface area contributed by atoms with Gasteiger partial charge in [-0.15, -0.1) is 0 Å². The van der Waals surface area contributed by atoms with Gasteiger partial charge in [0.25, 0.3) is 0 Å². The molecule has 0 saturated heterocycles. The number of alkyl halides is 1. The van der Waals surface area contributed by atoms with Crippen molar-refractivity contribution in [3.05, 3.63) is 28.3 Å². The van der Waals surface area contributed by atoms with E-state index >= 15 is 0 Å². The van der Waals surface area contributed by atoms with Crippen molar-refractivity contribution < 1.29 is 14.4 Å². The molecule has 1 aromatic carbocycles. The summed E-state index contributed by atoms with van der Waals surface area (Å²) in [5, 5.41) is 11.1. The van der Waals surface area contributed by atoms with E-state index in [4.69, 9.17) is 9.47 Å². The molecule has 6 heteroatoms. The lowest BCUT2D eigenvalue weighted by atomic mass is 9.65. The minimum Gasteiger partial charge on any atom is -0.496 e. The van der Waals surface area contributed by atoms with Crippen LogP contribution in [-0.4, -0.2) is 23.0 Å². The minimum atomic E-state index is -0.439. The van der Waals surface area contributed by atoms with Gasteiger partial charge in [0, 0.05) is 10.2 Å². The lowest BCUT2D eigenvalue weighted by Gasteiger charge is -2.50. The van der Waals surface area contributed by atoms with E-state index in [0.717, 1.165) is 12.8 Å². The zero-order valence-electron chi connectivity index (χ0n) is 11.8. The van der Waals surface area contributed by atoms with Crippen LogP contribution in [0.25, 0.3) is 0 Å². The van der Waals surface area contributed by atoms with E-state index in [-0.39, 0.29) is 17.2 Å². The van der Waals surface area contributed by atoms with E-state index < -0.39 is 4.92 Å². The average Bonchev–Trinajstić information content (AvgIpc) is 2.45. The van der Waals surface area contributed by atoms with E-state index in [1.165, 1.54) is 13.2 Å². The van der Waals surface area contributed by atoms with Gasteiger partial charge >= 0.3 is 5.69 Å². The van der Waals surface area contributed by atoms with Gasteiger partial charge in [-0.25, -0.2) is 0 Å². The maximum atomic E-state index is 11.1. The van der Waals surface area contributed by atoms with Crippen LogP contribution in [0.5, 0.6) is 11.5 Å². The molecule has 3 unspecified atom stereocenters. The quantitative estimate of drug-likeness (QED) is 0.461. The van der Waals surface area contributed by atoms with Crippen LogP contribution >= 0.6 is 15.9 Å². The molecule has 0 amide bonds. The van der Waals surface area contributed by atoms with Gasteiger partial charge in [-0.05, 0) is 25.0 Å². The molecular weight excluding hydrogens is 326 g/mol. The number of rotatable bonds is 5. The van der Waals surface area contributed by atoms with Crippen LogP contribution in [0.1, 0.15) is 26.7 Å². The predicted molar refractivity (Wildman–Crippen MR) is 79.8 cm³/mol. The number of benzene rings is 1. The Hall–Kier alpha value is -1.30. The van der Waals surface area contributed by atoms with Crippen LogP contribution in [0.2, 0.25) is 0 Å². The lowest BCUT2D eigenvalue weighted by molar-refractivity contribution is -0.386. The van der Waals surface area contributed by atoms with E-state index in [1.807, 2.05) is 0 Å². The van der Waals surface area contributed by atoms with Crippen LogP contribution in [-0.2, 0) is 0 Å². The lowest BCUT2D eigenvalue weighted by Crippen LogP contribution is -2.54. The number of nitrogens with zero attached hydrogens (tertiary/aromatic N) is 1. The number of nitro groups is 1. The molecular formula is C14H18BrNO4. The summed E-state index contributed by atoms with van der Waals surface area (Å²) in [4.78, 5) is 11.1. The van der Waals surface area contributed by atoms with Crippen LogP contribution in [0.3, 0.4) is 0 Å². The molecule has 1 saturated carbocycles. The molecule has 5 nitrogen and oxygen atoms in total. The van der Waals surface area contributed by atoms with E-state index in [1.54, 1.807) is 12.1 Å². The van der Waals surface area contributed by atoms with Crippen LogP contribution in [0, 0.1) is 15.5 Å². The van der Waals surface area contributed by atoms with Crippen molar-refractivity contribution in [2.24, 2.45) is 5.41 Å². The third-order valence-electron chi connectivity index (χ3n) is 4.27. The molecule has 1 fully saturated rings. The molecule has 0 bridgehead atoms. The largest absolute Gasteiger partial charge is 0.496 e. The van der Waals surface area contributed by atoms with Gasteiger partial charge in [0.15, 0.2) is 5.75 Å². The molecule has 1 aliphatic rings. The van der Waals surface area contributed by atoms with Crippen molar-refractivity contribution in [3.8, 4) is 11.5 Å². The van der Waals surface area contributed by atoms with E-state index in [9.17, 15) is 10.1 Å². The fourth-order valence-electron chi connectivity index (χ4n) is 2.42. The van der Waals surface area contributed by atoms with Gasteiger partial charge in [-0.2, -0.15) is 0 Å². The number of hydrogen-bond acceptors (Lipinski definition) is 4. The summed E-state index contributed by atoms with van der Waals surface area (Å²) >= 11 is 3.63. The van der Waals surface area contributed by atoms with Gasteiger partial charge in [0.2, 0.25) is 0 Å². The summed E-state index contributed by atoms with van der Waals surface area (Å²) in [6.45, 7) is 4.24. The highest BCUT2D eigenvalue weighted by Crippen LogP contribution is 2.50. The van der Waals surface area contributed by atoms with E-state index in [2.05, 4.69) is 29.8 Å². The van der Waals surface area contributed by atoms with Gasteiger partial charge < -0.3 is 9.47 Å². The number of methoxy groups -OCH3 is 1. The zero-order chi connectivity index (χ0) is 14.9. The Labute approximate surface area is 126 Å². The summed E-state index contributed by atoms with van der Waals surface area (Å²) in [5.74, 6) is 0.758.